The average Bonchev–Trinajstić information content (AvgIpc) is 2.40. The second kappa shape index (κ2) is 6.15. The quantitative estimate of drug-likeness (QED) is 0.832. The summed E-state index contributed by atoms with van der Waals surface area (Å²) in [4.78, 5) is 0. The topological polar surface area (TPSA) is 47.3 Å². The predicted octanol–water partition coefficient (Wildman–Crippen LogP) is 1.63. The van der Waals surface area contributed by atoms with Crippen molar-refractivity contribution in [1.29, 1.82) is 0 Å². The highest BCUT2D eigenvalue weighted by molar-refractivity contribution is 5.25. The van der Waals surface area contributed by atoms with Gasteiger partial charge in [-0.2, -0.15) is 0 Å². The molecule has 3 nitrogen and oxygen atoms in total. The molecule has 0 saturated carbocycles. The van der Waals surface area contributed by atoms with Crippen molar-refractivity contribution in [2.45, 2.75) is 31.9 Å². The third kappa shape index (κ3) is 3.28. The van der Waals surface area contributed by atoms with Crippen LogP contribution >= 0.6 is 0 Å². The molecule has 17 heavy (non-hydrogen) atoms. The lowest BCUT2D eigenvalue weighted by Gasteiger charge is -2.28. The van der Waals surface area contributed by atoms with Crippen LogP contribution in [0.3, 0.4) is 0 Å². The van der Waals surface area contributed by atoms with Gasteiger partial charge in [0.05, 0.1) is 18.8 Å². The molecule has 2 rings (SSSR count). The molecule has 1 aliphatic rings. The normalized spacial score (nSPS) is 22.4. The Bertz CT molecular complexity index is 331. The molecule has 94 valence electrons. The highest BCUT2D eigenvalue weighted by Crippen LogP contribution is 2.18. The Morgan fingerprint density at radius 3 is 2.76 bits per heavy atom. The number of aryl methyl sites for hydroxylation is 1. The van der Waals surface area contributed by atoms with Gasteiger partial charge in [0.2, 0.25) is 0 Å². The standard InChI is InChI=1S/C14H22N2O/c1-2-3-11-4-6-12(7-5-11)14(15)13-10-16-8-9-17-13/h4-7,13-14,16H,2-3,8-10,15H2,1H3. The minimum Gasteiger partial charge on any atom is -0.374 e. The number of nitrogens with one attached hydrogen (secondary N) is 1. The summed E-state index contributed by atoms with van der Waals surface area (Å²) >= 11 is 0. The number of morpholine rings is 1. The van der Waals surface area contributed by atoms with Gasteiger partial charge in [-0.05, 0) is 17.5 Å². The molecule has 0 spiro atoms. The first kappa shape index (κ1) is 12.6. The monoisotopic (exact) mass is 234 g/mol. The molecule has 3 N–H and O–H groups in total. The van der Waals surface area contributed by atoms with E-state index in [1.54, 1.807) is 0 Å². The van der Waals surface area contributed by atoms with E-state index in [9.17, 15) is 0 Å². The molecule has 0 radical (unpaired) electrons. The molecule has 1 fully saturated rings. The van der Waals surface area contributed by atoms with Crippen molar-refractivity contribution >= 4 is 0 Å². The number of rotatable bonds is 4. The van der Waals surface area contributed by atoms with Gasteiger partial charge in [-0.15, -0.1) is 0 Å². The number of ether oxygens (including phenoxy) is 1. The Labute approximate surface area is 103 Å². The van der Waals surface area contributed by atoms with E-state index >= 15 is 0 Å². The Morgan fingerprint density at radius 2 is 2.18 bits per heavy atom. The Kier molecular flexibility index (Phi) is 4.54. The summed E-state index contributed by atoms with van der Waals surface area (Å²) in [7, 11) is 0. The van der Waals surface area contributed by atoms with Crippen molar-refractivity contribution < 1.29 is 4.74 Å². The van der Waals surface area contributed by atoms with Crippen molar-refractivity contribution in [1.82, 2.24) is 5.32 Å². The zero-order chi connectivity index (χ0) is 12.1. The predicted molar refractivity (Wildman–Crippen MR) is 70.0 cm³/mol. The van der Waals surface area contributed by atoms with Crippen LogP contribution in [0.4, 0.5) is 0 Å². The average molecular weight is 234 g/mol. The third-order valence-corrected chi connectivity index (χ3v) is 3.26. The van der Waals surface area contributed by atoms with E-state index in [0.29, 0.717) is 0 Å². The highest BCUT2D eigenvalue weighted by Gasteiger charge is 2.22. The van der Waals surface area contributed by atoms with Crippen LogP contribution in [0.5, 0.6) is 0 Å². The highest BCUT2D eigenvalue weighted by atomic mass is 16.5. The second-order valence-electron chi connectivity index (χ2n) is 4.63. The van der Waals surface area contributed by atoms with E-state index in [2.05, 4.69) is 36.5 Å². The van der Waals surface area contributed by atoms with Crippen LogP contribution in [0.15, 0.2) is 24.3 Å². The van der Waals surface area contributed by atoms with Crippen LogP contribution in [0.1, 0.15) is 30.5 Å². The van der Waals surface area contributed by atoms with Crippen LogP contribution in [-0.4, -0.2) is 25.8 Å². The summed E-state index contributed by atoms with van der Waals surface area (Å²) in [5.74, 6) is 0. The molecule has 1 aromatic rings. The van der Waals surface area contributed by atoms with Crippen molar-refractivity contribution in [2.24, 2.45) is 5.73 Å². The van der Waals surface area contributed by atoms with Crippen LogP contribution in [0.2, 0.25) is 0 Å². The number of benzene rings is 1. The summed E-state index contributed by atoms with van der Waals surface area (Å²) in [5, 5.41) is 3.31. The first-order valence-electron chi connectivity index (χ1n) is 6.48. The van der Waals surface area contributed by atoms with Gasteiger partial charge in [-0.25, -0.2) is 0 Å². The lowest BCUT2D eigenvalue weighted by atomic mass is 9.99. The van der Waals surface area contributed by atoms with Gasteiger partial charge in [0.1, 0.15) is 0 Å². The third-order valence-electron chi connectivity index (χ3n) is 3.26. The zero-order valence-corrected chi connectivity index (χ0v) is 10.5. The molecule has 1 saturated heterocycles. The van der Waals surface area contributed by atoms with Gasteiger partial charge in [0.15, 0.2) is 0 Å². The van der Waals surface area contributed by atoms with Crippen LogP contribution in [0.25, 0.3) is 0 Å². The van der Waals surface area contributed by atoms with E-state index < -0.39 is 0 Å². The molecule has 2 unspecified atom stereocenters. The SMILES string of the molecule is CCCc1ccc(C(N)C2CNCCO2)cc1. The first-order chi connectivity index (χ1) is 8.31. The smallest absolute Gasteiger partial charge is 0.0892 e. The van der Waals surface area contributed by atoms with Gasteiger partial charge >= 0.3 is 0 Å². The summed E-state index contributed by atoms with van der Waals surface area (Å²) in [6.07, 6.45) is 2.42. The van der Waals surface area contributed by atoms with Gasteiger partial charge in [-0.3, -0.25) is 0 Å². The van der Waals surface area contributed by atoms with E-state index in [4.69, 9.17) is 10.5 Å². The maximum Gasteiger partial charge on any atom is 0.0892 e. The molecule has 1 aliphatic heterocycles. The number of hydrogen-bond acceptors (Lipinski definition) is 3. The fourth-order valence-electron chi connectivity index (χ4n) is 2.23. The second-order valence-corrected chi connectivity index (χ2v) is 4.63. The first-order valence-corrected chi connectivity index (χ1v) is 6.48. The van der Waals surface area contributed by atoms with Crippen LogP contribution < -0.4 is 11.1 Å². The van der Waals surface area contributed by atoms with Gasteiger partial charge in [0.25, 0.3) is 0 Å². The van der Waals surface area contributed by atoms with E-state index in [1.165, 1.54) is 17.5 Å². The minimum absolute atomic E-state index is 0.0292. The van der Waals surface area contributed by atoms with Crippen molar-refractivity contribution in [3.63, 3.8) is 0 Å². The minimum atomic E-state index is -0.0292. The molecular weight excluding hydrogens is 212 g/mol. The van der Waals surface area contributed by atoms with Crippen LogP contribution in [0, 0.1) is 0 Å². The molecule has 0 amide bonds. The Hall–Kier alpha value is -0.900. The maximum absolute atomic E-state index is 6.23. The lowest BCUT2D eigenvalue weighted by molar-refractivity contribution is 0.0122. The van der Waals surface area contributed by atoms with Gasteiger partial charge in [0, 0.05) is 13.1 Å². The molecule has 2 atom stereocenters. The zero-order valence-electron chi connectivity index (χ0n) is 10.5. The summed E-state index contributed by atoms with van der Waals surface area (Å²) in [6, 6.07) is 8.59. The molecule has 1 aromatic carbocycles. The molecule has 0 aliphatic carbocycles. The van der Waals surface area contributed by atoms with Crippen molar-refractivity contribution in [3.05, 3.63) is 35.4 Å². The van der Waals surface area contributed by atoms with Crippen molar-refractivity contribution in [2.75, 3.05) is 19.7 Å². The van der Waals surface area contributed by atoms with Crippen molar-refractivity contribution in [3.8, 4) is 0 Å². The lowest BCUT2D eigenvalue weighted by Crippen LogP contribution is -2.44. The molecule has 3 heteroatoms. The summed E-state index contributed by atoms with van der Waals surface area (Å²) in [5.41, 5.74) is 8.77. The molecule has 1 heterocycles. The van der Waals surface area contributed by atoms with E-state index in [-0.39, 0.29) is 12.1 Å². The van der Waals surface area contributed by atoms with E-state index in [0.717, 1.165) is 26.1 Å². The Morgan fingerprint density at radius 1 is 1.41 bits per heavy atom. The fourth-order valence-corrected chi connectivity index (χ4v) is 2.23. The molecule has 0 aromatic heterocycles. The Balaban J connectivity index is 2.00. The number of nitrogens with two attached hydrogens (primary N) is 1. The van der Waals surface area contributed by atoms with E-state index in [1.807, 2.05) is 0 Å². The fraction of sp³-hybridized carbons (Fsp3) is 0.571. The number of hydrogen-bond donors (Lipinski definition) is 2. The van der Waals surface area contributed by atoms with Gasteiger partial charge in [-0.1, -0.05) is 37.6 Å². The van der Waals surface area contributed by atoms with Crippen LogP contribution in [-0.2, 0) is 11.2 Å². The summed E-state index contributed by atoms with van der Waals surface area (Å²) in [6.45, 7) is 4.73. The molecular formula is C14H22N2O. The maximum atomic E-state index is 6.23. The largest absolute Gasteiger partial charge is 0.374 e. The molecule has 0 bridgehead atoms. The summed E-state index contributed by atoms with van der Waals surface area (Å²) < 4.78 is 5.68. The van der Waals surface area contributed by atoms with Gasteiger partial charge < -0.3 is 15.8 Å².